The molecule has 29 heavy (non-hydrogen) atoms. The molecule has 2 aromatic rings. The lowest BCUT2D eigenvalue weighted by Crippen LogP contribution is -2.27. The van der Waals surface area contributed by atoms with Crippen molar-refractivity contribution in [3.63, 3.8) is 0 Å². The Bertz CT molecular complexity index is 832. The molecule has 0 aromatic heterocycles. The Morgan fingerprint density at radius 2 is 1.79 bits per heavy atom. The van der Waals surface area contributed by atoms with Crippen molar-refractivity contribution in [2.45, 2.75) is 26.0 Å². The second kappa shape index (κ2) is 11.2. The molecule has 0 spiro atoms. The van der Waals surface area contributed by atoms with Gasteiger partial charge in [-0.3, -0.25) is 9.59 Å². The van der Waals surface area contributed by atoms with Gasteiger partial charge in [0.1, 0.15) is 0 Å². The van der Waals surface area contributed by atoms with E-state index in [4.69, 9.17) is 16.3 Å². The number of carbonyl (C=O) groups is 2. The van der Waals surface area contributed by atoms with Crippen molar-refractivity contribution in [1.82, 2.24) is 10.6 Å². The smallest absolute Gasteiger partial charge is 0.387 e. The zero-order chi connectivity index (χ0) is 21.2. The molecule has 2 N–H and O–H groups in total. The Hall–Kier alpha value is -2.87. The Labute approximate surface area is 172 Å². The van der Waals surface area contributed by atoms with E-state index in [0.29, 0.717) is 29.1 Å². The Balaban J connectivity index is 1.71. The number of amides is 2. The third-order valence-corrected chi connectivity index (χ3v) is 4.16. The SMILES string of the molecule is COc1cc(CNC(=O)CCCNC(=O)c2ccc(Cl)cc2)ccc1OC(F)F. The summed E-state index contributed by atoms with van der Waals surface area (Å²) in [5.41, 5.74) is 1.17. The van der Waals surface area contributed by atoms with Gasteiger partial charge >= 0.3 is 6.61 Å². The summed E-state index contributed by atoms with van der Waals surface area (Å²) in [7, 11) is 1.34. The first-order chi connectivity index (χ1) is 13.9. The quantitative estimate of drug-likeness (QED) is 0.567. The highest BCUT2D eigenvalue weighted by Gasteiger charge is 2.11. The first-order valence-corrected chi connectivity index (χ1v) is 9.19. The van der Waals surface area contributed by atoms with Gasteiger partial charge in [-0.15, -0.1) is 0 Å². The van der Waals surface area contributed by atoms with Crippen LogP contribution in [-0.4, -0.2) is 32.1 Å². The summed E-state index contributed by atoms with van der Waals surface area (Å²) >= 11 is 5.78. The molecule has 0 fully saturated rings. The predicted octanol–water partition coefficient (Wildman–Crippen LogP) is 3.78. The van der Waals surface area contributed by atoms with Crippen LogP contribution in [0.2, 0.25) is 5.02 Å². The molecule has 9 heteroatoms. The average Bonchev–Trinajstić information content (AvgIpc) is 2.70. The van der Waals surface area contributed by atoms with Crippen LogP contribution in [0, 0.1) is 0 Å². The molecular formula is C20H21ClF2N2O4. The standard InChI is InChI=1S/C20H21ClF2N2O4/c1-28-17-11-13(4-9-16(17)29-20(22)23)12-25-18(26)3-2-10-24-19(27)14-5-7-15(21)8-6-14/h4-9,11,20H,2-3,10,12H2,1H3,(H,24,27)(H,25,26). The maximum Gasteiger partial charge on any atom is 0.387 e. The molecule has 0 saturated heterocycles. The maximum atomic E-state index is 12.3. The largest absolute Gasteiger partial charge is 0.493 e. The van der Waals surface area contributed by atoms with Gasteiger partial charge in [0.2, 0.25) is 5.91 Å². The molecule has 0 aliphatic rings. The van der Waals surface area contributed by atoms with Crippen molar-refractivity contribution in [2.24, 2.45) is 0 Å². The van der Waals surface area contributed by atoms with Gasteiger partial charge in [-0.2, -0.15) is 8.78 Å². The molecule has 0 bridgehead atoms. The van der Waals surface area contributed by atoms with Gasteiger partial charge in [-0.25, -0.2) is 0 Å². The number of benzene rings is 2. The summed E-state index contributed by atoms with van der Waals surface area (Å²) in [5.74, 6) is -0.353. The number of halogens is 3. The van der Waals surface area contributed by atoms with Crippen molar-refractivity contribution in [1.29, 1.82) is 0 Å². The van der Waals surface area contributed by atoms with Gasteiger partial charge in [-0.1, -0.05) is 17.7 Å². The van der Waals surface area contributed by atoms with Gasteiger partial charge in [0, 0.05) is 30.1 Å². The lowest BCUT2D eigenvalue weighted by molar-refractivity contribution is -0.121. The molecule has 0 atom stereocenters. The van der Waals surface area contributed by atoms with E-state index in [9.17, 15) is 18.4 Å². The molecule has 6 nitrogen and oxygen atoms in total. The van der Waals surface area contributed by atoms with E-state index in [1.54, 1.807) is 30.3 Å². The molecule has 0 saturated carbocycles. The van der Waals surface area contributed by atoms with Gasteiger partial charge in [-0.05, 0) is 48.4 Å². The summed E-state index contributed by atoms with van der Waals surface area (Å²) < 4.78 is 34.0. The molecular weight excluding hydrogens is 406 g/mol. The van der Waals surface area contributed by atoms with E-state index in [-0.39, 0.29) is 36.3 Å². The summed E-state index contributed by atoms with van der Waals surface area (Å²) in [6.07, 6.45) is 0.695. The normalized spacial score (nSPS) is 10.5. The minimum Gasteiger partial charge on any atom is -0.493 e. The number of nitrogens with one attached hydrogen (secondary N) is 2. The van der Waals surface area contributed by atoms with Crippen LogP contribution in [-0.2, 0) is 11.3 Å². The lowest BCUT2D eigenvalue weighted by atomic mass is 10.2. The second-order valence-corrected chi connectivity index (χ2v) is 6.44. The Morgan fingerprint density at radius 3 is 2.45 bits per heavy atom. The zero-order valence-corrected chi connectivity index (χ0v) is 16.5. The summed E-state index contributed by atoms with van der Waals surface area (Å²) in [6, 6.07) is 10.9. The van der Waals surface area contributed by atoms with Gasteiger partial charge in [0.25, 0.3) is 5.91 Å². The van der Waals surface area contributed by atoms with Crippen molar-refractivity contribution >= 4 is 23.4 Å². The van der Waals surface area contributed by atoms with E-state index in [0.717, 1.165) is 0 Å². The lowest BCUT2D eigenvalue weighted by Gasteiger charge is -2.12. The van der Waals surface area contributed by atoms with E-state index in [1.807, 2.05) is 0 Å². The van der Waals surface area contributed by atoms with Crippen LogP contribution in [0.4, 0.5) is 8.78 Å². The van der Waals surface area contributed by atoms with Crippen LogP contribution in [0.15, 0.2) is 42.5 Å². The Morgan fingerprint density at radius 1 is 1.07 bits per heavy atom. The van der Waals surface area contributed by atoms with Crippen LogP contribution < -0.4 is 20.1 Å². The molecule has 156 valence electrons. The minimum absolute atomic E-state index is 0.0750. The van der Waals surface area contributed by atoms with Crippen molar-refractivity contribution in [2.75, 3.05) is 13.7 Å². The maximum absolute atomic E-state index is 12.3. The highest BCUT2D eigenvalue weighted by molar-refractivity contribution is 6.30. The number of hydrogen-bond donors (Lipinski definition) is 2. The summed E-state index contributed by atoms with van der Waals surface area (Å²) in [5, 5.41) is 6.00. The number of carbonyl (C=O) groups excluding carboxylic acids is 2. The molecule has 0 aliphatic heterocycles. The number of methoxy groups -OCH3 is 1. The zero-order valence-electron chi connectivity index (χ0n) is 15.7. The van der Waals surface area contributed by atoms with Crippen LogP contribution >= 0.6 is 11.6 Å². The van der Waals surface area contributed by atoms with Crippen LogP contribution in [0.3, 0.4) is 0 Å². The van der Waals surface area contributed by atoms with Crippen LogP contribution in [0.25, 0.3) is 0 Å². The number of ether oxygens (including phenoxy) is 2. The fraction of sp³-hybridized carbons (Fsp3) is 0.300. The fourth-order valence-corrected chi connectivity index (χ4v) is 2.58. The van der Waals surface area contributed by atoms with E-state index in [2.05, 4.69) is 15.4 Å². The molecule has 2 rings (SSSR count). The highest BCUT2D eigenvalue weighted by Crippen LogP contribution is 2.29. The minimum atomic E-state index is -2.95. The third-order valence-electron chi connectivity index (χ3n) is 3.91. The van der Waals surface area contributed by atoms with E-state index < -0.39 is 6.61 Å². The van der Waals surface area contributed by atoms with Crippen molar-refractivity contribution < 1.29 is 27.8 Å². The van der Waals surface area contributed by atoms with E-state index >= 15 is 0 Å². The monoisotopic (exact) mass is 426 g/mol. The number of rotatable bonds is 10. The first-order valence-electron chi connectivity index (χ1n) is 8.81. The molecule has 0 radical (unpaired) electrons. The first kappa shape index (κ1) is 22.4. The Kier molecular flexibility index (Phi) is 8.67. The summed E-state index contributed by atoms with van der Waals surface area (Å²) in [6.45, 7) is -2.39. The molecule has 0 unspecified atom stereocenters. The third kappa shape index (κ3) is 7.57. The molecule has 0 heterocycles. The van der Waals surface area contributed by atoms with Gasteiger partial charge in [0.15, 0.2) is 11.5 Å². The van der Waals surface area contributed by atoms with Gasteiger partial charge < -0.3 is 20.1 Å². The van der Waals surface area contributed by atoms with Crippen molar-refractivity contribution in [3.05, 3.63) is 58.6 Å². The molecule has 0 aliphatic carbocycles. The number of alkyl halides is 2. The molecule has 2 amide bonds. The van der Waals surface area contributed by atoms with Crippen LogP contribution in [0.1, 0.15) is 28.8 Å². The van der Waals surface area contributed by atoms with Crippen LogP contribution in [0.5, 0.6) is 11.5 Å². The highest BCUT2D eigenvalue weighted by atomic mass is 35.5. The summed E-state index contributed by atoms with van der Waals surface area (Å²) in [4.78, 5) is 23.9. The van der Waals surface area contributed by atoms with Crippen molar-refractivity contribution in [3.8, 4) is 11.5 Å². The fourth-order valence-electron chi connectivity index (χ4n) is 2.46. The average molecular weight is 427 g/mol. The topological polar surface area (TPSA) is 76.7 Å². The number of hydrogen-bond acceptors (Lipinski definition) is 4. The second-order valence-electron chi connectivity index (χ2n) is 6.01. The molecule has 2 aromatic carbocycles. The van der Waals surface area contributed by atoms with Gasteiger partial charge in [0.05, 0.1) is 7.11 Å². The predicted molar refractivity (Wildman–Crippen MR) is 104 cm³/mol. The van der Waals surface area contributed by atoms with E-state index in [1.165, 1.54) is 19.2 Å².